The number of carbonyl (C=O) groups excluding carboxylic acids is 2. The molecule has 2 N–H and O–H groups in total. The van der Waals surface area contributed by atoms with Crippen molar-refractivity contribution in [1.29, 1.82) is 0 Å². The molecule has 0 fully saturated rings. The molecular formula is C80H158N2O7P+. The van der Waals surface area contributed by atoms with Crippen molar-refractivity contribution in [3.05, 3.63) is 24.3 Å². The molecule has 534 valence electrons. The van der Waals surface area contributed by atoms with Crippen LogP contribution in [0.25, 0.3) is 0 Å². The quantitative estimate of drug-likeness (QED) is 0.0205. The zero-order valence-electron chi connectivity index (χ0n) is 61.4. The highest BCUT2D eigenvalue weighted by Crippen LogP contribution is 2.43. The lowest BCUT2D eigenvalue weighted by Crippen LogP contribution is -2.47. The van der Waals surface area contributed by atoms with Crippen LogP contribution in [0.1, 0.15) is 425 Å². The predicted molar refractivity (Wildman–Crippen MR) is 393 cm³/mol. The van der Waals surface area contributed by atoms with Gasteiger partial charge in [-0.05, 0) is 57.4 Å². The molecule has 3 unspecified atom stereocenters. The van der Waals surface area contributed by atoms with Crippen LogP contribution >= 0.6 is 7.82 Å². The number of rotatable bonds is 75. The summed E-state index contributed by atoms with van der Waals surface area (Å²) in [6.45, 7) is 7.10. The summed E-state index contributed by atoms with van der Waals surface area (Å²) < 4.78 is 30.9. The zero-order chi connectivity index (χ0) is 65.6. The minimum Gasteiger partial charge on any atom is -0.456 e. The number of hydrogen-bond acceptors (Lipinski definition) is 6. The fourth-order valence-electron chi connectivity index (χ4n) is 12.5. The molecule has 0 radical (unpaired) electrons. The van der Waals surface area contributed by atoms with Crippen molar-refractivity contribution in [3.63, 3.8) is 0 Å². The number of unbranched alkanes of at least 4 members (excludes halogenated alkanes) is 57. The summed E-state index contributed by atoms with van der Waals surface area (Å²) >= 11 is 0. The van der Waals surface area contributed by atoms with Crippen LogP contribution in [-0.4, -0.2) is 74.3 Å². The summed E-state index contributed by atoms with van der Waals surface area (Å²) in [5.41, 5.74) is 0. The predicted octanol–water partition coefficient (Wildman–Crippen LogP) is 26.0. The Balaban J connectivity index is 4.87. The van der Waals surface area contributed by atoms with E-state index in [4.69, 9.17) is 13.8 Å². The molecule has 90 heavy (non-hydrogen) atoms. The Hall–Kier alpha value is -1.51. The Labute approximate surface area is 562 Å². The van der Waals surface area contributed by atoms with Crippen molar-refractivity contribution in [3.8, 4) is 0 Å². The summed E-state index contributed by atoms with van der Waals surface area (Å²) in [5.74, 6) is -0.476. The van der Waals surface area contributed by atoms with E-state index in [0.717, 1.165) is 57.8 Å². The lowest BCUT2D eigenvalue weighted by molar-refractivity contribution is -0.870. The molecule has 0 saturated carbocycles. The third-order valence-electron chi connectivity index (χ3n) is 18.6. The SMILES string of the molecule is CCCCCCCC/C=C/CCCCCCCCCCCCCCCCCC(=O)OC(/C=C/CCCCCCCCCCCC)C(COP(=O)(O)OCC[N+](C)(C)C)NC(=O)CCCCCCCCCCCCCCCCCCCCCCCCCCCCC. The molecule has 1 amide bonds. The van der Waals surface area contributed by atoms with Crippen LogP contribution in [0, 0.1) is 0 Å². The lowest BCUT2D eigenvalue weighted by atomic mass is 10.0. The van der Waals surface area contributed by atoms with Gasteiger partial charge < -0.3 is 19.4 Å². The van der Waals surface area contributed by atoms with Gasteiger partial charge in [0, 0.05) is 12.8 Å². The number of amides is 1. The van der Waals surface area contributed by atoms with Crippen LogP contribution in [0.2, 0.25) is 0 Å². The first-order valence-electron chi connectivity index (χ1n) is 40.2. The first-order valence-corrected chi connectivity index (χ1v) is 41.7. The normalized spacial score (nSPS) is 13.5. The molecule has 0 aromatic rings. The monoisotopic (exact) mass is 1290 g/mol. The van der Waals surface area contributed by atoms with Crippen molar-refractivity contribution in [1.82, 2.24) is 5.32 Å². The Morgan fingerprint density at radius 1 is 0.378 bits per heavy atom. The maximum atomic E-state index is 13.7. The molecule has 0 spiro atoms. The number of likely N-dealkylation sites (N-methyl/N-ethyl adjacent to an activating group) is 1. The Morgan fingerprint density at radius 3 is 0.944 bits per heavy atom. The smallest absolute Gasteiger partial charge is 0.456 e. The van der Waals surface area contributed by atoms with Gasteiger partial charge in [-0.1, -0.05) is 379 Å². The minimum absolute atomic E-state index is 0.0450. The van der Waals surface area contributed by atoms with E-state index in [-0.39, 0.29) is 25.1 Å². The number of hydrogen-bond donors (Lipinski definition) is 2. The summed E-state index contributed by atoms with van der Waals surface area (Å²) in [6.07, 6.45) is 87.9. The molecule has 0 aliphatic heterocycles. The fourth-order valence-corrected chi connectivity index (χ4v) is 13.2. The molecule has 0 aromatic carbocycles. The van der Waals surface area contributed by atoms with E-state index in [1.54, 1.807) is 0 Å². The fraction of sp³-hybridized carbons (Fsp3) is 0.925. The van der Waals surface area contributed by atoms with Crippen LogP contribution in [0.15, 0.2) is 24.3 Å². The van der Waals surface area contributed by atoms with Crippen LogP contribution in [0.4, 0.5) is 0 Å². The highest BCUT2D eigenvalue weighted by molar-refractivity contribution is 7.47. The minimum atomic E-state index is -4.45. The third-order valence-corrected chi connectivity index (χ3v) is 19.6. The van der Waals surface area contributed by atoms with Gasteiger partial charge in [0.05, 0.1) is 33.8 Å². The van der Waals surface area contributed by atoms with E-state index in [0.29, 0.717) is 23.9 Å². The number of ether oxygens (including phenoxy) is 1. The molecule has 0 aromatic heterocycles. The Bertz CT molecular complexity index is 1580. The van der Waals surface area contributed by atoms with Gasteiger partial charge in [-0.3, -0.25) is 18.6 Å². The van der Waals surface area contributed by atoms with E-state index < -0.39 is 20.0 Å². The number of esters is 1. The first kappa shape index (κ1) is 88.5. The number of quaternary nitrogens is 1. The van der Waals surface area contributed by atoms with Gasteiger partial charge in [-0.2, -0.15) is 0 Å². The second-order valence-corrected chi connectivity index (χ2v) is 30.4. The number of carbonyl (C=O) groups is 2. The number of phosphoric acid groups is 1. The second kappa shape index (κ2) is 70.3. The topological polar surface area (TPSA) is 111 Å². The van der Waals surface area contributed by atoms with Gasteiger partial charge >= 0.3 is 13.8 Å². The van der Waals surface area contributed by atoms with Gasteiger partial charge in [0.25, 0.3) is 0 Å². The molecule has 9 nitrogen and oxygen atoms in total. The molecule has 0 aliphatic rings. The van der Waals surface area contributed by atoms with E-state index >= 15 is 0 Å². The Morgan fingerprint density at radius 2 is 0.644 bits per heavy atom. The number of nitrogens with zero attached hydrogens (tertiary/aromatic N) is 1. The zero-order valence-corrected chi connectivity index (χ0v) is 62.3. The van der Waals surface area contributed by atoms with Gasteiger partial charge in [0.2, 0.25) is 5.91 Å². The number of nitrogens with one attached hydrogen (secondary N) is 1. The van der Waals surface area contributed by atoms with E-state index in [1.165, 1.54) is 334 Å². The average molecular weight is 1290 g/mol. The van der Waals surface area contributed by atoms with Crippen molar-refractivity contribution < 1.29 is 37.3 Å². The summed E-state index contributed by atoms with van der Waals surface area (Å²) in [5, 5.41) is 3.09. The van der Waals surface area contributed by atoms with Gasteiger partial charge in [-0.15, -0.1) is 0 Å². The molecule has 0 heterocycles. The molecule has 0 aliphatic carbocycles. The van der Waals surface area contributed by atoms with Crippen molar-refractivity contribution in [2.24, 2.45) is 0 Å². The van der Waals surface area contributed by atoms with Gasteiger partial charge in [0.1, 0.15) is 19.3 Å². The summed E-state index contributed by atoms with van der Waals surface area (Å²) in [4.78, 5) is 38.0. The first-order chi connectivity index (χ1) is 43.9. The van der Waals surface area contributed by atoms with E-state index in [2.05, 4.69) is 44.3 Å². The highest BCUT2D eigenvalue weighted by atomic mass is 31.2. The third kappa shape index (κ3) is 70.8. The highest BCUT2D eigenvalue weighted by Gasteiger charge is 2.30. The van der Waals surface area contributed by atoms with Crippen molar-refractivity contribution in [2.45, 2.75) is 437 Å². The molecule has 0 bridgehead atoms. The van der Waals surface area contributed by atoms with Gasteiger partial charge in [0.15, 0.2) is 0 Å². The summed E-state index contributed by atoms with van der Waals surface area (Å²) in [7, 11) is 1.52. The molecular weight excluding hydrogens is 1130 g/mol. The molecule has 3 atom stereocenters. The van der Waals surface area contributed by atoms with Crippen LogP contribution < -0.4 is 5.32 Å². The second-order valence-electron chi connectivity index (χ2n) is 29.0. The summed E-state index contributed by atoms with van der Waals surface area (Å²) in [6, 6.07) is -0.844. The Kier molecular flexibility index (Phi) is 69.1. The molecule has 10 heteroatoms. The maximum Gasteiger partial charge on any atom is 0.472 e. The molecule has 0 saturated heterocycles. The maximum absolute atomic E-state index is 13.7. The lowest BCUT2D eigenvalue weighted by Gasteiger charge is -2.27. The van der Waals surface area contributed by atoms with E-state index in [1.807, 2.05) is 27.2 Å². The molecule has 0 rings (SSSR count). The van der Waals surface area contributed by atoms with Crippen molar-refractivity contribution >= 4 is 19.7 Å². The van der Waals surface area contributed by atoms with Gasteiger partial charge in [-0.25, -0.2) is 4.57 Å². The largest absolute Gasteiger partial charge is 0.472 e. The van der Waals surface area contributed by atoms with Crippen molar-refractivity contribution in [2.75, 3.05) is 40.9 Å². The van der Waals surface area contributed by atoms with E-state index in [9.17, 15) is 19.0 Å². The average Bonchev–Trinajstić information content (AvgIpc) is 3.11. The standard InChI is InChI=1S/C80H157N2O7P/c1-7-10-13-16-19-22-25-28-30-32-34-36-38-40-41-43-44-46-48-50-52-54-57-60-63-66-69-72-79(83)81-77(76-88-90(85,86)87-75-74-82(4,5)6)78(71-68-65-62-59-56-27-24-21-18-15-12-9-3)89-80(84)73-70-67-64-61-58-55-53-51-49-47-45-42-39-37-35-33-31-29-26-23-20-17-14-11-8-2/h29,31,68,71,77-78H,7-28,30,32-67,69-70,72-76H2,1-6H3,(H-,81,83,85,86)/p+1/b31-29+,71-68+. The van der Waals surface area contributed by atoms with Crippen LogP contribution in [0.3, 0.4) is 0 Å². The van der Waals surface area contributed by atoms with Crippen LogP contribution in [0.5, 0.6) is 0 Å². The van der Waals surface area contributed by atoms with Crippen LogP contribution in [-0.2, 0) is 27.9 Å². The number of phosphoric ester groups is 1. The number of allylic oxidation sites excluding steroid dienone is 3.